The molecule has 0 atom stereocenters. The standard InChI is InChI=1S/C14H17FN2O2/c1-14(2)13(19)16-7-8-17(14)12(18)9-10-3-5-11(15)6-4-10/h3-6H,7-9H2,1-2H3,(H,16,19). The van der Waals surface area contributed by atoms with Crippen molar-refractivity contribution in [2.45, 2.75) is 25.8 Å². The molecular weight excluding hydrogens is 247 g/mol. The van der Waals surface area contributed by atoms with Crippen molar-refractivity contribution in [3.05, 3.63) is 35.6 Å². The Bertz CT molecular complexity index is 497. The van der Waals surface area contributed by atoms with Crippen LogP contribution in [0, 0.1) is 5.82 Å². The van der Waals surface area contributed by atoms with Crippen LogP contribution in [0.4, 0.5) is 4.39 Å². The lowest BCUT2D eigenvalue weighted by molar-refractivity contribution is -0.148. The second-order valence-electron chi connectivity index (χ2n) is 5.16. The van der Waals surface area contributed by atoms with E-state index < -0.39 is 5.54 Å². The van der Waals surface area contributed by atoms with E-state index in [9.17, 15) is 14.0 Å². The molecule has 1 heterocycles. The van der Waals surface area contributed by atoms with Gasteiger partial charge in [0.15, 0.2) is 0 Å². The molecule has 5 heteroatoms. The molecule has 0 saturated carbocycles. The van der Waals surface area contributed by atoms with E-state index in [-0.39, 0.29) is 24.1 Å². The monoisotopic (exact) mass is 264 g/mol. The van der Waals surface area contributed by atoms with E-state index >= 15 is 0 Å². The van der Waals surface area contributed by atoms with Crippen LogP contribution in [0.2, 0.25) is 0 Å². The Balaban J connectivity index is 2.11. The van der Waals surface area contributed by atoms with E-state index in [0.29, 0.717) is 13.1 Å². The first-order valence-electron chi connectivity index (χ1n) is 6.24. The minimum absolute atomic E-state index is 0.119. The number of halogens is 1. The smallest absolute Gasteiger partial charge is 0.245 e. The molecule has 1 N–H and O–H groups in total. The summed E-state index contributed by atoms with van der Waals surface area (Å²) in [4.78, 5) is 25.6. The number of amides is 2. The predicted molar refractivity (Wildman–Crippen MR) is 68.9 cm³/mol. The number of piperazine rings is 1. The molecule has 0 aromatic heterocycles. The van der Waals surface area contributed by atoms with Gasteiger partial charge in [0.05, 0.1) is 6.42 Å². The zero-order valence-corrected chi connectivity index (χ0v) is 11.1. The third kappa shape index (κ3) is 2.75. The first kappa shape index (κ1) is 13.5. The number of benzene rings is 1. The van der Waals surface area contributed by atoms with Crippen LogP contribution >= 0.6 is 0 Å². The number of carbonyl (C=O) groups excluding carboxylic acids is 2. The van der Waals surface area contributed by atoms with Gasteiger partial charge in [-0.25, -0.2) is 4.39 Å². The maximum Gasteiger partial charge on any atom is 0.245 e. The quantitative estimate of drug-likeness (QED) is 0.869. The van der Waals surface area contributed by atoms with Crippen molar-refractivity contribution in [2.24, 2.45) is 0 Å². The fraction of sp³-hybridized carbons (Fsp3) is 0.429. The molecule has 2 rings (SSSR count). The van der Waals surface area contributed by atoms with Crippen LogP contribution in [0.15, 0.2) is 24.3 Å². The third-order valence-corrected chi connectivity index (χ3v) is 3.42. The number of hydrogen-bond donors (Lipinski definition) is 1. The molecule has 19 heavy (non-hydrogen) atoms. The Morgan fingerprint density at radius 3 is 2.63 bits per heavy atom. The number of carbonyl (C=O) groups is 2. The highest BCUT2D eigenvalue weighted by molar-refractivity contribution is 5.92. The topological polar surface area (TPSA) is 49.4 Å². The highest BCUT2D eigenvalue weighted by Gasteiger charge is 2.40. The van der Waals surface area contributed by atoms with Crippen molar-refractivity contribution in [2.75, 3.05) is 13.1 Å². The zero-order chi connectivity index (χ0) is 14.0. The molecule has 1 aliphatic heterocycles. The van der Waals surface area contributed by atoms with Gasteiger partial charge in [0.1, 0.15) is 11.4 Å². The second-order valence-corrected chi connectivity index (χ2v) is 5.16. The Hall–Kier alpha value is -1.91. The zero-order valence-electron chi connectivity index (χ0n) is 11.1. The molecule has 0 unspecified atom stereocenters. The number of nitrogens with zero attached hydrogens (tertiary/aromatic N) is 1. The lowest BCUT2D eigenvalue weighted by atomic mass is 9.97. The van der Waals surface area contributed by atoms with Gasteiger partial charge in [-0.1, -0.05) is 12.1 Å². The summed E-state index contributed by atoms with van der Waals surface area (Å²) in [5.74, 6) is -0.591. The second kappa shape index (κ2) is 4.99. The molecular formula is C14H17FN2O2. The van der Waals surface area contributed by atoms with Crippen LogP contribution in [-0.2, 0) is 16.0 Å². The third-order valence-electron chi connectivity index (χ3n) is 3.42. The molecule has 2 amide bonds. The Morgan fingerprint density at radius 1 is 1.37 bits per heavy atom. The van der Waals surface area contributed by atoms with Gasteiger partial charge in [0.25, 0.3) is 0 Å². The average Bonchev–Trinajstić information content (AvgIpc) is 2.35. The molecule has 4 nitrogen and oxygen atoms in total. The number of nitrogens with one attached hydrogen (secondary N) is 1. The number of rotatable bonds is 2. The summed E-state index contributed by atoms with van der Waals surface area (Å²) in [5, 5.41) is 2.75. The minimum Gasteiger partial charge on any atom is -0.352 e. The molecule has 1 aromatic carbocycles. The van der Waals surface area contributed by atoms with Crippen LogP contribution < -0.4 is 5.32 Å². The van der Waals surface area contributed by atoms with Crippen LogP contribution in [0.3, 0.4) is 0 Å². The van der Waals surface area contributed by atoms with E-state index in [4.69, 9.17) is 0 Å². The maximum atomic E-state index is 12.8. The van der Waals surface area contributed by atoms with E-state index in [1.807, 2.05) is 0 Å². The summed E-state index contributed by atoms with van der Waals surface area (Å²) in [7, 11) is 0. The molecule has 0 radical (unpaired) electrons. The van der Waals surface area contributed by atoms with Gasteiger partial charge in [-0.15, -0.1) is 0 Å². The van der Waals surface area contributed by atoms with Gasteiger partial charge in [-0.05, 0) is 31.5 Å². The van der Waals surface area contributed by atoms with E-state index in [0.717, 1.165) is 5.56 Å². The molecule has 102 valence electrons. The van der Waals surface area contributed by atoms with Crippen LogP contribution in [-0.4, -0.2) is 35.3 Å². The van der Waals surface area contributed by atoms with Crippen molar-refractivity contribution >= 4 is 11.8 Å². The highest BCUT2D eigenvalue weighted by atomic mass is 19.1. The highest BCUT2D eigenvalue weighted by Crippen LogP contribution is 2.19. The molecule has 0 bridgehead atoms. The van der Waals surface area contributed by atoms with Crippen molar-refractivity contribution < 1.29 is 14.0 Å². The molecule has 0 spiro atoms. The lowest BCUT2D eigenvalue weighted by Gasteiger charge is -2.41. The molecule has 0 aliphatic carbocycles. The summed E-state index contributed by atoms with van der Waals surface area (Å²) in [6, 6.07) is 5.84. The largest absolute Gasteiger partial charge is 0.352 e. The first-order chi connectivity index (χ1) is 8.91. The van der Waals surface area contributed by atoms with Gasteiger partial charge < -0.3 is 10.2 Å². The van der Waals surface area contributed by atoms with Gasteiger partial charge in [-0.2, -0.15) is 0 Å². The molecule has 1 saturated heterocycles. The Morgan fingerprint density at radius 2 is 2.00 bits per heavy atom. The minimum atomic E-state index is -0.838. The van der Waals surface area contributed by atoms with E-state index in [1.54, 1.807) is 30.9 Å². The maximum absolute atomic E-state index is 12.8. The molecule has 1 aromatic rings. The summed E-state index contributed by atoms with van der Waals surface area (Å²) in [5.41, 5.74) is -0.0942. The molecule has 1 aliphatic rings. The van der Waals surface area contributed by atoms with Crippen molar-refractivity contribution in [1.29, 1.82) is 0 Å². The first-order valence-corrected chi connectivity index (χ1v) is 6.24. The average molecular weight is 264 g/mol. The predicted octanol–water partition coefficient (Wildman–Crippen LogP) is 1.11. The van der Waals surface area contributed by atoms with Gasteiger partial charge in [-0.3, -0.25) is 9.59 Å². The van der Waals surface area contributed by atoms with Crippen molar-refractivity contribution in [3.8, 4) is 0 Å². The van der Waals surface area contributed by atoms with Gasteiger partial charge >= 0.3 is 0 Å². The Labute approximate surface area is 111 Å². The van der Waals surface area contributed by atoms with Crippen molar-refractivity contribution in [1.82, 2.24) is 10.2 Å². The summed E-state index contributed by atoms with van der Waals surface area (Å²) in [6.07, 6.45) is 0.178. The van der Waals surface area contributed by atoms with E-state index in [1.165, 1.54) is 12.1 Å². The summed E-state index contributed by atoms with van der Waals surface area (Å²) >= 11 is 0. The van der Waals surface area contributed by atoms with Gasteiger partial charge in [0, 0.05) is 13.1 Å². The van der Waals surface area contributed by atoms with E-state index in [2.05, 4.69) is 5.32 Å². The SMILES string of the molecule is CC1(C)C(=O)NCCN1C(=O)Cc1ccc(F)cc1. The van der Waals surface area contributed by atoms with Crippen LogP contribution in [0.1, 0.15) is 19.4 Å². The van der Waals surface area contributed by atoms with Crippen molar-refractivity contribution in [3.63, 3.8) is 0 Å². The number of hydrogen-bond acceptors (Lipinski definition) is 2. The summed E-state index contributed by atoms with van der Waals surface area (Å²) in [6.45, 7) is 4.42. The normalized spacial score (nSPS) is 18.1. The van der Waals surface area contributed by atoms with Gasteiger partial charge in [0.2, 0.25) is 11.8 Å². The fourth-order valence-electron chi connectivity index (χ4n) is 2.21. The fourth-order valence-corrected chi connectivity index (χ4v) is 2.21. The van der Waals surface area contributed by atoms with Crippen LogP contribution in [0.25, 0.3) is 0 Å². The van der Waals surface area contributed by atoms with Crippen LogP contribution in [0.5, 0.6) is 0 Å². The molecule has 1 fully saturated rings. The lowest BCUT2D eigenvalue weighted by Crippen LogP contribution is -2.63. The summed E-state index contributed by atoms with van der Waals surface area (Å²) < 4.78 is 12.8. The Kier molecular flexibility index (Phi) is 3.55.